The highest BCUT2D eigenvalue weighted by Crippen LogP contribution is 2.37. The molecule has 0 aliphatic carbocycles. The fourth-order valence-corrected chi connectivity index (χ4v) is 4.01. The second-order valence-electron chi connectivity index (χ2n) is 5.27. The summed E-state index contributed by atoms with van der Waals surface area (Å²) in [5.74, 6) is -0.0420. The van der Waals surface area contributed by atoms with Crippen molar-refractivity contribution in [1.82, 2.24) is 4.90 Å². The van der Waals surface area contributed by atoms with E-state index in [-0.39, 0.29) is 18.6 Å². The standard InChI is InChI=1S/C15H18N2O2S/c1-9-4-2-6-11-12(16)14(20-13(9)11)15(19)17-7-3-5-10(17)8-18/h2,4,6,10,18H,3,5,7-8,16H2,1H3. The zero-order chi connectivity index (χ0) is 14.3. The first-order valence-corrected chi connectivity index (χ1v) is 7.64. The van der Waals surface area contributed by atoms with Crippen LogP contribution in [0.25, 0.3) is 10.1 Å². The van der Waals surface area contributed by atoms with Crippen LogP contribution >= 0.6 is 11.3 Å². The highest BCUT2D eigenvalue weighted by molar-refractivity contribution is 7.21. The van der Waals surface area contributed by atoms with E-state index < -0.39 is 0 Å². The van der Waals surface area contributed by atoms with E-state index in [0.717, 1.165) is 28.5 Å². The van der Waals surface area contributed by atoms with Crippen molar-refractivity contribution in [2.75, 3.05) is 18.9 Å². The lowest BCUT2D eigenvalue weighted by atomic mass is 10.1. The summed E-state index contributed by atoms with van der Waals surface area (Å²) in [7, 11) is 0. The number of fused-ring (bicyclic) bond motifs is 1. The van der Waals surface area contributed by atoms with Gasteiger partial charge in [-0.2, -0.15) is 0 Å². The second-order valence-corrected chi connectivity index (χ2v) is 6.29. The number of anilines is 1. The Bertz CT molecular complexity index is 665. The number of nitrogens with zero attached hydrogens (tertiary/aromatic N) is 1. The predicted molar refractivity (Wildman–Crippen MR) is 82.1 cm³/mol. The number of aliphatic hydroxyl groups excluding tert-OH is 1. The van der Waals surface area contributed by atoms with Crippen LogP contribution < -0.4 is 5.73 Å². The molecule has 0 radical (unpaired) electrons. The lowest BCUT2D eigenvalue weighted by Gasteiger charge is -2.22. The van der Waals surface area contributed by atoms with Crippen LogP contribution in [0.2, 0.25) is 0 Å². The van der Waals surface area contributed by atoms with Gasteiger partial charge in [0.2, 0.25) is 0 Å². The molecule has 106 valence electrons. The lowest BCUT2D eigenvalue weighted by molar-refractivity contribution is 0.0683. The minimum atomic E-state index is -0.0618. The van der Waals surface area contributed by atoms with E-state index >= 15 is 0 Å². The van der Waals surface area contributed by atoms with Crippen molar-refractivity contribution in [2.45, 2.75) is 25.8 Å². The first-order valence-electron chi connectivity index (χ1n) is 6.83. The van der Waals surface area contributed by atoms with Crippen LogP contribution in [0.1, 0.15) is 28.1 Å². The third kappa shape index (κ3) is 1.98. The average Bonchev–Trinajstić information content (AvgIpc) is 3.04. The Balaban J connectivity index is 2.04. The van der Waals surface area contributed by atoms with Gasteiger partial charge < -0.3 is 15.7 Å². The van der Waals surface area contributed by atoms with Crippen LogP contribution in [0.5, 0.6) is 0 Å². The smallest absolute Gasteiger partial charge is 0.266 e. The summed E-state index contributed by atoms with van der Waals surface area (Å²) >= 11 is 1.46. The van der Waals surface area contributed by atoms with Gasteiger partial charge in [-0.1, -0.05) is 18.2 Å². The van der Waals surface area contributed by atoms with Gasteiger partial charge in [-0.3, -0.25) is 4.79 Å². The summed E-state index contributed by atoms with van der Waals surface area (Å²) in [6.07, 6.45) is 1.81. The summed E-state index contributed by atoms with van der Waals surface area (Å²) in [5.41, 5.74) is 7.87. The molecule has 4 nitrogen and oxygen atoms in total. The number of amides is 1. The minimum Gasteiger partial charge on any atom is -0.397 e. The Labute approximate surface area is 121 Å². The first kappa shape index (κ1) is 13.4. The highest BCUT2D eigenvalue weighted by atomic mass is 32.1. The molecular formula is C15H18N2O2S. The van der Waals surface area contributed by atoms with E-state index in [1.54, 1.807) is 4.90 Å². The number of benzene rings is 1. The number of aliphatic hydroxyl groups is 1. The van der Waals surface area contributed by atoms with Crippen molar-refractivity contribution in [3.63, 3.8) is 0 Å². The average molecular weight is 290 g/mol. The molecule has 1 aromatic carbocycles. The van der Waals surface area contributed by atoms with Gasteiger partial charge in [-0.15, -0.1) is 11.3 Å². The lowest BCUT2D eigenvalue weighted by Crippen LogP contribution is -2.37. The minimum absolute atomic E-state index is 0.0234. The molecular weight excluding hydrogens is 272 g/mol. The van der Waals surface area contributed by atoms with E-state index in [0.29, 0.717) is 17.1 Å². The van der Waals surface area contributed by atoms with E-state index in [1.807, 2.05) is 25.1 Å². The highest BCUT2D eigenvalue weighted by Gasteiger charge is 2.31. The third-order valence-electron chi connectivity index (χ3n) is 3.99. The molecule has 1 amide bonds. The van der Waals surface area contributed by atoms with Crippen molar-refractivity contribution >= 4 is 33.0 Å². The molecule has 3 N–H and O–H groups in total. The molecule has 2 aromatic rings. The van der Waals surface area contributed by atoms with Crippen molar-refractivity contribution in [2.24, 2.45) is 0 Å². The Morgan fingerprint density at radius 2 is 2.35 bits per heavy atom. The number of rotatable bonds is 2. The van der Waals surface area contributed by atoms with Crippen LogP contribution in [0.15, 0.2) is 18.2 Å². The number of hydrogen-bond donors (Lipinski definition) is 2. The van der Waals surface area contributed by atoms with Gasteiger partial charge in [0.1, 0.15) is 4.88 Å². The van der Waals surface area contributed by atoms with Crippen LogP contribution in [-0.4, -0.2) is 35.1 Å². The van der Waals surface area contributed by atoms with Gasteiger partial charge in [-0.05, 0) is 25.3 Å². The molecule has 0 saturated carbocycles. The van der Waals surface area contributed by atoms with Crippen LogP contribution in [0.4, 0.5) is 5.69 Å². The monoisotopic (exact) mass is 290 g/mol. The van der Waals surface area contributed by atoms with Crippen molar-refractivity contribution in [3.8, 4) is 0 Å². The van der Waals surface area contributed by atoms with Gasteiger partial charge in [0.25, 0.3) is 5.91 Å². The molecule has 0 bridgehead atoms. The van der Waals surface area contributed by atoms with Crippen LogP contribution in [0.3, 0.4) is 0 Å². The largest absolute Gasteiger partial charge is 0.397 e. The fourth-order valence-electron chi connectivity index (χ4n) is 2.86. The van der Waals surface area contributed by atoms with Crippen molar-refractivity contribution < 1.29 is 9.90 Å². The number of nitrogen functional groups attached to an aromatic ring is 1. The summed E-state index contributed by atoms with van der Waals surface area (Å²) in [6, 6.07) is 5.88. The molecule has 1 aliphatic rings. The molecule has 1 fully saturated rings. The molecule has 5 heteroatoms. The zero-order valence-electron chi connectivity index (χ0n) is 11.4. The summed E-state index contributed by atoms with van der Waals surface area (Å²) in [6.45, 7) is 2.76. The topological polar surface area (TPSA) is 66.6 Å². The Morgan fingerprint density at radius 3 is 3.05 bits per heavy atom. The number of nitrogens with two attached hydrogens (primary N) is 1. The normalized spacial score (nSPS) is 18.9. The third-order valence-corrected chi connectivity index (χ3v) is 5.34. The molecule has 1 aromatic heterocycles. The van der Waals surface area contributed by atoms with Gasteiger partial charge >= 0.3 is 0 Å². The number of likely N-dealkylation sites (tertiary alicyclic amines) is 1. The molecule has 20 heavy (non-hydrogen) atoms. The Morgan fingerprint density at radius 1 is 1.55 bits per heavy atom. The maximum Gasteiger partial charge on any atom is 0.266 e. The number of carbonyl (C=O) groups excluding carboxylic acids is 1. The van der Waals surface area contributed by atoms with E-state index in [4.69, 9.17) is 5.73 Å². The predicted octanol–water partition coefficient (Wildman–Crippen LogP) is 2.39. The molecule has 1 atom stereocenters. The quantitative estimate of drug-likeness (QED) is 0.892. The fraction of sp³-hybridized carbons (Fsp3) is 0.400. The van der Waals surface area contributed by atoms with Crippen LogP contribution in [0, 0.1) is 6.92 Å². The maximum absolute atomic E-state index is 12.7. The Hall–Kier alpha value is -1.59. The van der Waals surface area contributed by atoms with Gasteiger partial charge in [0.05, 0.1) is 18.3 Å². The molecule has 1 saturated heterocycles. The molecule has 1 aliphatic heterocycles. The number of hydrogen-bond acceptors (Lipinski definition) is 4. The summed E-state index contributed by atoms with van der Waals surface area (Å²) < 4.78 is 1.08. The van der Waals surface area contributed by atoms with E-state index in [2.05, 4.69) is 0 Å². The molecule has 3 rings (SSSR count). The number of thiophene rings is 1. The van der Waals surface area contributed by atoms with Gasteiger partial charge in [-0.25, -0.2) is 0 Å². The second kappa shape index (κ2) is 5.07. The SMILES string of the molecule is Cc1cccc2c(N)c(C(=O)N3CCCC3CO)sc12. The molecule has 0 spiro atoms. The van der Waals surface area contributed by atoms with Crippen molar-refractivity contribution in [1.29, 1.82) is 0 Å². The van der Waals surface area contributed by atoms with Crippen LogP contribution in [-0.2, 0) is 0 Å². The summed E-state index contributed by atoms with van der Waals surface area (Å²) in [4.78, 5) is 15.0. The first-order chi connectivity index (χ1) is 9.63. The van der Waals surface area contributed by atoms with Gasteiger partial charge in [0.15, 0.2) is 0 Å². The zero-order valence-corrected chi connectivity index (χ0v) is 12.2. The van der Waals surface area contributed by atoms with Crippen molar-refractivity contribution in [3.05, 3.63) is 28.6 Å². The van der Waals surface area contributed by atoms with Gasteiger partial charge in [0, 0.05) is 16.6 Å². The number of aryl methyl sites for hydroxylation is 1. The maximum atomic E-state index is 12.7. The molecule has 1 unspecified atom stereocenters. The summed E-state index contributed by atoms with van der Waals surface area (Å²) in [5, 5.41) is 10.3. The molecule has 2 heterocycles. The Kier molecular flexibility index (Phi) is 3.40. The van der Waals surface area contributed by atoms with E-state index in [9.17, 15) is 9.90 Å². The van der Waals surface area contributed by atoms with E-state index in [1.165, 1.54) is 11.3 Å². The number of carbonyl (C=O) groups is 1.